The van der Waals surface area contributed by atoms with Gasteiger partial charge >= 0.3 is 12.1 Å². The molecule has 3 rings (SSSR count). The number of hydrogen-bond donors (Lipinski definition) is 0. The second-order valence-corrected chi connectivity index (χ2v) is 8.25. The van der Waals surface area contributed by atoms with Crippen molar-refractivity contribution in [2.45, 2.75) is 46.3 Å². The van der Waals surface area contributed by atoms with Crippen LogP contribution in [-0.4, -0.2) is 40.7 Å². The van der Waals surface area contributed by atoms with Crippen LogP contribution in [0.15, 0.2) is 23.6 Å². The molecular formula is C20H24N2O4S. The van der Waals surface area contributed by atoms with Crippen LogP contribution < -0.4 is 0 Å². The third kappa shape index (κ3) is 4.66. The molecule has 1 aliphatic rings. The molecule has 2 aromatic rings. The Kier molecular flexibility index (Phi) is 5.51. The lowest BCUT2D eigenvalue weighted by Gasteiger charge is -2.31. The third-order valence-electron chi connectivity index (χ3n) is 4.11. The van der Waals surface area contributed by atoms with Gasteiger partial charge in [0.1, 0.15) is 10.6 Å². The number of fused-ring (bicyclic) bond motifs is 1. The molecule has 0 N–H and O–H groups in total. The molecule has 2 heterocycles. The molecule has 0 saturated heterocycles. The number of carbonyl (C=O) groups is 2. The predicted molar refractivity (Wildman–Crippen MR) is 104 cm³/mol. The van der Waals surface area contributed by atoms with Gasteiger partial charge in [-0.2, -0.15) is 0 Å². The van der Waals surface area contributed by atoms with Crippen LogP contribution in [0.3, 0.4) is 0 Å². The summed E-state index contributed by atoms with van der Waals surface area (Å²) in [7, 11) is 0. The zero-order chi connectivity index (χ0) is 19.6. The van der Waals surface area contributed by atoms with Gasteiger partial charge in [0.25, 0.3) is 0 Å². The fraction of sp³-hybridized carbons (Fsp3) is 0.450. The summed E-state index contributed by atoms with van der Waals surface area (Å²) in [5.41, 5.74) is 3.05. The van der Waals surface area contributed by atoms with Gasteiger partial charge in [-0.1, -0.05) is 12.1 Å². The van der Waals surface area contributed by atoms with Crippen molar-refractivity contribution in [3.8, 4) is 10.6 Å². The number of rotatable bonds is 3. The van der Waals surface area contributed by atoms with E-state index in [0.717, 1.165) is 22.6 Å². The molecular weight excluding hydrogens is 364 g/mol. The summed E-state index contributed by atoms with van der Waals surface area (Å²) in [6.07, 6.45) is 0.498. The highest BCUT2D eigenvalue weighted by Gasteiger charge is 2.26. The molecule has 27 heavy (non-hydrogen) atoms. The van der Waals surface area contributed by atoms with Crippen LogP contribution in [0.5, 0.6) is 0 Å². The Morgan fingerprint density at radius 3 is 2.74 bits per heavy atom. The van der Waals surface area contributed by atoms with E-state index in [4.69, 9.17) is 9.47 Å². The fourth-order valence-electron chi connectivity index (χ4n) is 2.88. The van der Waals surface area contributed by atoms with Gasteiger partial charge in [-0.05, 0) is 51.3 Å². The maximum atomic E-state index is 12.4. The van der Waals surface area contributed by atoms with Gasteiger partial charge in [0.15, 0.2) is 5.69 Å². The molecule has 0 spiro atoms. The zero-order valence-corrected chi connectivity index (χ0v) is 16.9. The first-order valence-corrected chi connectivity index (χ1v) is 9.87. The molecule has 0 unspecified atom stereocenters. The summed E-state index contributed by atoms with van der Waals surface area (Å²) in [6, 6.07) is 6.12. The molecule has 1 aromatic heterocycles. The Morgan fingerprint density at radius 1 is 1.26 bits per heavy atom. The molecule has 0 fully saturated rings. The Bertz CT molecular complexity index is 854. The number of aromatic nitrogens is 1. The van der Waals surface area contributed by atoms with Gasteiger partial charge in [0, 0.05) is 24.0 Å². The highest BCUT2D eigenvalue weighted by atomic mass is 32.1. The minimum Gasteiger partial charge on any atom is -0.461 e. The largest absolute Gasteiger partial charge is 0.461 e. The molecule has 0 radical (unpaired) electrons. The number of amides is 1. The van der Waals surface area contributed by atoms with Crippen molar-refractivity contribution >= 4 is 23.4 Å². The Balaban J connectivity index is 1.78. The summed E-state index contributed by atoms with van der Waals surface area (Å²) in [5, 5.41) is 2.47. The van der Waals surface area contributed by atoms with Gasteiger partial charge in [-0.3, -0.25) is 0 Å². The predicted octanol–water partition coefficient (Wildman–Crippen LogP) is 4.28. The summed E-state index contributed by atoms with van der Waals surface area (Å²) < 4.78 is 10.5. The number of hydrogen-bond acceptors (Lipinski definition) is 6. The number of carbonyl (C=O) groups excluding carboxylic acids is 2. The summed E-state index contributed by atoms with van der Waals surface area (Å²) in [5.74, 6) is -0.408. The first kappa shape index (κ1) is 19.4. The van der Waals surface area contributed by atoms with Crippen LogP contribution in [-0.2, 0) is 22.4 Å². The van der Waals surface area contributed by atoms with E-state index in [9.17, 15) is 9.59 Å². The molecule has 0 atom stereocenters. The lowest BCUT2D eigenvalue weighted by Crippen LogP contribution is -2.39. The van der Waals surface area contributed by atoms with Crippen molar-refractivity contribution in [3.63, 3.8) is 0 Å². The first-order chi connectivity index (χ1) is 12.8. The lowest BCUT2D eigenvalue weighted by atomic mass is 9.98. The van der Waals surface area contributed by atoms with Crippen molar-refractivity contribution in [1.82, 2.24) is 9.88 Å². The van der Waals surface area contributed by atoms with E-state index < -0.39 is 11.6 Å². The van der Waals surface area contributed by atoms with Gasteiger partial charge in [0.2, 0.25) is 0 Å². The van der Waals surface area contributed by atoms with E-state index in [2.05, 4.69) is 11.1 Å². The van der Waals surface area contributed by atoms with E-state index >= 15 is 0 Å². The second kappa shape index (κ2) is 7.68. The van der Waals surface area contributed by atoms with Gasteiger partial charge in [-0.25, -0.2) is 14.6 Å². The maximum absolute atomic E-state index is 12.4. The molecule has 144 valence electrons. The van der Waals surface area contributed by atoms with Crippen LogP contribution in [0.1, 0.15) is 49.3 Å². The Morgan fingerprint density at radius 2 is 2.04 bits per heavy atom. The normalized spacial score (nSPS) is 13.9. The minimum absolute atomic E-state index is 0.294. The van der Waals surface area contributed by atoms with Crippen molar-refractivity contribution in [2.75, 3.05) is 13.2 Å². The molecule has 0 aliphatic carbocycles. The van der Waals surface area contributed by atoms with Crippen molar-refractivity contribution in [3.05, 3.63) is 40.4 Å². The summed E-state index contributed by atoms with van der Waals surface area (Å²) in [4.78, 5) is 30.3. The van der Waals surface area contributed by atoms with Crippen molar-refractivity contribution in [1.29, 1.82) is 0 Å². The number of thiazole rings is 1. The molecule has 1 aliphatic heterocycles. The average molecular weight is 388 g/mol. The number of benzene rings is 1. The average Bonchev–Trinajstić information content (AvgIpc) is 3.10. The van der Waals surface area contributed by atoms with E-state index in [1.807, 2.05) is 32.9 Å². The van der Waals surface area contributed by atoms with Crippen LogP contribution in [0.2, 0.25) is 0 Å². The Labute approximate surface area is 163 Å². The van der Waals surface area contributed by atoms with Crippen LogP contribution in [0, 0.1) is 0 Å². The molecule has 1 amide bonds. The number of nitrogens with zero attached hydrogens (tertiary/aromatic N) is 2. The van der Waals surface area contributed by atoms with Gasteiger partial charge in [0.05, 0.1) is 6.61 Å². The highest BCUT2D eigenvalue weighted by Crippen LogP contribution is 2.29. The summed E-state index contributed by atoms with van der Waals surface area (Å²) in [6.45, 7) is 8.84. The van der Waals surface area contributed by atoms with Crippen molar-refractivity contribution < 1.29 is 19.1 Å². The van der Waals surface area contributed by atoms with Crippen LogP contribution >= 0.6 is 11.3 Å². The topological polar surface area (TPSA) is 68.7 Å². The SMILES string of the molecule is CCOC(=O)c1csc(-c2ccc3c(c2)CN(C(=O)OC(C)(C)C)CC3)n1. The third-order valence-corrected chi connectivity index (χ3v) is 5.00. The number of ether oxygens (including phenoxy) is 2. The van der Waals surface area contributed by atoms with E-state index in [0.29, 0.717) is 25.4 Å². The zero-order valence-electron chi connectivity index (χ0n) is 16.1. The number of esters is 1. The molecule has 0 bridgehead atoms. The Hall–Kier alpha value is -2.41. The summed E-state index contributed by atoms with van der Waals surface area (Å²) >= 11 is 1.41. The van der Waals surface area contributed by atoms with Gasteiger partial charge < -0.3 is 14.4 Å². The smallest absolute Gasteiger partial charge is 0.410 e. The van der Waals surface area contributed by atoms with Crippen LogP contribution in [0.25, 0.3) is 10.6 Å². The minimum atomic E-state index is -0.510. The highest BCUT2D eigenvalue weighted by molar-refractivity contribution is 7.13. The second-order valence-electron chi connectivity index (χ2n) is 7.39. The first-order valence-electron chi connectivity index (χ1n) is 8.99. The van der Waals surface area contributed by atoms with Crippen molar-refractivity contribution in [2.24, 2.45) is 0 Å². The standard InChI is InChI=1S/C20H24N2O4S/c1-5-25-18(23)16-12-27-17(21-16)14-7-6-13-8-9-22(11-15(13)10-14)19(24)26-20(2,3)4/h6-7,10,12H,5,8-9,11H2,1-4H3. The molecule has 7 heteroatoms. The fourth-order valence-corrected chi connectivity index (χ4v) is 3.66. The lowest BCUT2D eigenvalue weighted by molar-refractivity contribution is 0.0223. The van der Waals surface area contributed by atoms with E-state index in [1.54, 1.807) is 17.2 Å². The van der Waals surface area contributed by atoms with Crippen LogP contribution in [0.4, 0.5) is 4.79 Å². The van der Waals surface area contributed by atoms with E-state index in [1.165, 1.54) is 16.9 Å². The quantitative estimate of drug-likeness (QED) is 0.734. The molecule has 0 saturated carbocycles. The van der Waals surface area contributed by atoms with Gasteiger partial charge in [-0.15, -0.1) is 11.3 Å². The molecule has 6 nitrogen and oxygen atoms in total. The maximum Gasteiger partial charge on any atom is 0.410 e. The molecule has 1 aromatic carbocycles. The van der Waals surface area contributed by atoms with E-state index in [-0.39, 0.29) is 6.09 Å². The monoisotopic (exact) mass is 388 g/mol.